The number of halogens is 2. The number of hydrogen-bond acceptors (Lipinski definition) is 7. The van der Waals surface area contributed by atoms with Gasteiger partial charge >= 0.3 is 6.09 Å². The number of nitrogens with zero attached hydrogens (tertiary/aromatic N) is 3. The monoisotopic (exact) mass is 686 g/mol. The number of aliphatic hydroxyl groups excluding tert-OH is 1. The maximum absolute atomic E-state index is 14.3. The third kappa shape index (κ3) is 9.00. The van der Waals surface area contributed by atoms with Crippen LogP contribution in [0.15, 0.2) is 42.6 Å². The van der Waals surface area contributed by atoms with Gasteiger partial charge in [0.25, 0.3) is 11.8 Å². The Morgan fingerprint density at radius 1 is 1.17 bits per heavy atom. The third-order valence-electron chi connectivity index (χ3n) is 8.09. The minimum absolute atomic E-state index is 0.123. The predicted octanol–water partition coefficient (Wildman–Crippen LogP) is 6.96. The number of carbonyl (C=O) groups is 2. The van der Waals surface area contributed by atoms with Crippen LogP contribution in [0.25, 0.3) is 16.5 Å². The van der Waals surface area contributed by atoms with Gasteiger partial charge in [-0.2, -0.15) is 13.9 Å². The standard InChI is InChI=1S/C35H48F2N4O6Si/c1-23(25-10-9-11-26(18-25)35(36,37)21-42)39-32(43)28-19-27(24-12-14-40(15-13-24)33(44)47-34(2,3)4)31(45-5)29-20-38-41(30(28)29)22-46-16-17-48(6,7)8/h9-12,18-20,23,42H,13-17,21-22H2,1-8H3,(H,39,43)/t23-/m0/s1. The fourth-order valence-corrected chi connectivity index (χ4v) is 6.17. The molecule has 0 bridgehead atoms. The zero-order valence-corrected chi connectivity index (χ0v) is 30.2. The van der Waals surface area contributed by atoms with Crippen molar-refractivity contribution in [2.75, 3.05) is 33.4 Å². The van der Waals surface area contributed by atoms with E-state index in [2.05, 4.69) is 30.1 Å². The SMILES string of the molecule is COc1c(C2=CCN(C(=O)OC(C)(C)C)CC2)cc(C(=O)N[C@@H](C)c2cccc(C(F)(F)CO)c2)c2c1cnn2COCC[Si](C)(C)C. The Morgan fingerprint density at radius 2 is 1.90 bits per heavy atom. The molecule has 0 radical (unpaired) electrons. The number of nitrogens with one attached hydrogen (secondary N) is 1. The molecule has 0 aliphatic carbocycles. The molecule has 10 nitrogen and oxygen atoms in total. The lowest BCUT2D eigenvalue weighted by Crippen LogP contribution is -2.39. The Morgan fingerprint density at radius 3 is 2.50 bits per heavy atom. The summed E-state index contributed by atoms with van der Waals surface area (Å²) in [5, 5.41) is 17.3. The van der Waals surface area contributed by atoms with E-state index in [0.29, 0.717) is 59.5 Å². The molecule has 262 valence electrons. The third-order valence-corrected chi connectivity index (χ3v) is 9.80. The fraction of sp³-hybridized carbons (Fsp3) is 0.514. The molecule has 0 saturated carbocycles. The first-order valence-corrected chi connectivity index (χ1v) is 19.9. The Hall–Kier alpha value is -3.81. The molecule has 1 aliphatic heterocycles. The first-order valence-electron chi connectivity index (χ1n) is 16.2. The number of aliphatic hydroxyl groups is 1. The van der Waals surface area contributed by atoms with Crippen LogP contribution in [0, 0.1) is 0 Å². The molecule has 3 aromatic rings. The molecule has 1 aromatic heterocycles. The van der Waals surface area contributed by atoms with Crippen LogP contribution in [-0.2, 0) is 22.1 Å². The van der Waals surface area contributed by atoms with Crippen molar-refractivity contribution in [2.45, 2.75) is 84.1 Å². The van der Waals surface area contributed by atoms with Crippen molar-refractivity contribution >= 4 is 36.6 Å². The molecule has 0 saturated heterocycles. The Bertz CT molecular complexity index is 1660. The second kappa shape index (κ2) is 14.7. The van der Waals surface area contributed by atoms with Gasteiger partial charge in [-0.3, -0.25) is 4.79 Å². The second-order valence-corrected chi connectivity index (χ2v) is 20.0. The van der Waals surface area contributed by atoms with Crippen LogP contribution in [0.5, 0.6) is 5.75 Å². The van der Waals surface area contributed by atoms with Gasteiger partial charge in [0, 0.05) is 38.9 Å². The van der Waals surface area contributed by atoms with Crippen LogP contribution in [0.3, 0.4) is 0 Å². The average Bonchev–Trinajstić information content (AvgIpc) is 3.45. The van der Waals surface area contributed by atoms with Gasteiger partial charge in [0.1, 0.15) is 24.7 Å². The lowest BCUT2D eigenvalue weighted by Gasteiger charge is -2.30. The summed E-state index contributed by atoms with van der Waals surface area (Å²) in [5.41, 5.74) is 1.92. The minimum atomic E-state index is -3.41. The molecule has 0 spiro atoms. The van der Waals surface area contributed by atoms with Gasteiger partial charge in [-0.25, -0.2) is 9.48 Å². The summed E-state index contributed by atoms with van der Waals surface area (Å²) >= 11 is 0. The van der Waals surface area contributed by atoms with Crippen molar-refractivity contribution in [1.29, 1.82) is 0 Å². The van der Waals surface area contributed by atoms with Crippen LogP contribution < -0.4 is 10.1 Å². The highest BCUT2D eigenvalue weighted by Crippen LogP contribution is 2.39. The van der Waals surface area contributed by atoms with E-state index < -0.39 is 44.2 Å². The second-order valence-electron chi connectivity index (χ2n) is 14.3. The summed E-state index contributed by atoms with van der Waals surface area (Å²) in [6.45, 7) is 14.1. The lowest BCUT2D eigenvalue weighted by atomic mass is 9.94. The number of fused-ring (bicyclic) bond motifs is 1. The highest BCUT2D eigenvalue weighted by molar-refractivity contribution is 6.76. The topological polar surface area (TPSA) is 115 Å². The normalized spacial score (nSPS) is 14.9. The van der Waals surface area contributed by atoms with E-state index in [1.807, 2.05) is 26.8 Å². The van der Waals surface area contributed by atoms with Gasteiger partial charge in [-0.15, -0.1) is 0 Å². The summed E-state index contributed by atoms with van der Waals surface area (Å²) in [5.74, 6) is -3.31. The minimum Gasteiger partial charge on any atom is -0.495 e. The quantitative estimate of drug-likeness (QED) is 0.156. The molecule has 2 N–H and O–H groups in total. The van der Waals surface area contributed by atoms with Gasteiger partial charge < -0.3 is 29.5 Å². The summed E-state index contributed by atoms with van der Waals surface area (Å²) in [6, 6.07) is 7.74. The molecule has 0 unspecified atom stereocenters. The smallest absolute Gasteiger partial charge is 0.410 e. The summed E-state index contributed by atoms with van der Waals surface area (Å²) in [4.78, 5) is 28.4. The van der Waals surface area contributed by atoms with E-state index in [1.54, 1.807) is 41.9 Å². The number of methoxy groups -OCH3 is 1. The molecular formula is C35H48F2N4O6Si. The molecule has 13 heteroatoms. The first kappa shape index (κ1) is 37.0. The van der Waals surface area contributed by atoms with Crippen LogP contribution in [-0.4, -0.2) is 78.9 Å². The van der Waals surface area contributed by atoms with E-state index in [-0.39, 0.29) is 12.3 Å². The van der Waals surface area contributed by atoms with E-state index in [0.717, 1.165) is 11.6 Å². The average molecular weight is 687 g/mol. The van der Waals surface area contributed by atoms with Crippen molar-refractivity contribution in [3.8, 4) is 5.75 Å². The number of rotatable bonds is 12. The fourth-order valence-electron chi connectivity index (χ4n) is 5.41. The Balaban J connectivity index is 1.72. The zero-order chi connectivity index (χ0) is 35.4. The van der Waals surface area contributed by atoms with Crippen LogP contribution >= 0.6 is 0 Å². The molecular weight excluding hydrogens is 638 g/mol. The zero-order valence-electron chi connectivity index (χ0n) is 29.2. The van der Waals surface area contributed by atoms with Crippen molar-refractivity contribution in [2.24, 2.45) is 0 Å². The van der Waals surface area contributed by atoms with E-state index in [1.165, 1.54) is 18.2 Å². The number of hydrogen-bond donors (Lipinski definition) is 2. The van der Waals surface area contributed by atoms with Gasteiger partial charge in [0.2, 0.25) is 0 Å². The van der Waals surface area contributed by atoms with Crippen molar-refractivity contribution in [1.82, 2.24) is 20.0 Å². The molecule has 2 amide bonds. The first-order chi connectivity index (χ1) is 22.4. The van der Waals surface area contributed by atoms with Crippen molar-refractivity contribution in [3.05, 3.63) is 64.9 Å². The summed E-state index contributed by atoms with van der Waals surface area (Å²) in [7, 11) is 0.228. The van der Waals surface area contributed by atoms with Gasteiger partial charge in [0.15, 0.2) is 0 Å². The number of carbonyl (C=O) groups excluding carboxylic acids is 2. The Kier molecular flexibility index (Phi) is 11.4. The largest absolute Gasteiger partial charge is 0.495 e. The molecule has 4 rings (SSSR count). The van der Waals surface area contributed by atoms with Crippen LogP contribution in [0.2, 0.25) is 25.7 Å². The molecule has 2 heterocycles. The highest BCUT2D eigenvalue weighted by Gasteiger charge is 2.32. The van der Waals surface area contributed by atoms with Crippen LogP contribution in [0.1, 0.15) is 67.2 Å². The van der Waals surface area contributed by atoms with Crippen molar-refractivity contribution < 1.29 is 37.7 Å². The lowest BCUT2D eigenvalue weighted by molar-refractivity contribution is -0.0556. The number of alkyl halides is 2. The molecule has 1 aliphatic rings. The molecule has 2 aromatic carbocycles. The van der Waals surface area contributed by atoms with E-state index >= 15 is 0 Å². The maximum Gasteiger partial charge on any atom is 0.410 e. The number of ether oxygens (including phenoxy) is 3. The molecule has 1 atom stereocenters. The van der Waals surface area contributed by atoms with E-state index in [4.69, 9.17) is 14.2 Å². The predicted molar refractivity (Wildman–Crippen MR) is 184 cm³/mol. The maximum atomic E-state index is 14.3. The van der Waals surface area contributed by atoms with E-state index in [9.17, 15) is 23.5 Å². The number of aromatic nitrogens is 2. The van der Waals surface area contributed by atoms with Gasteiger partial charge in [-0.05, 0) is 63.4 Å². The molecule has 48 heavy (non-hydrogen) atoms. The summed E-state index contributed by atoms with van der Waals surface area (Å²) < 4.78 is 47.6. The highest BCUT2D eigenvalue weighted by atomic mass is 28.3. The van der Waals surface area contributed by atoms with Crippen molar-refractivity contribution in [3.63, 3.8) is 0 Å². The Labute approximate surface area is 282 Å². The van der Waals surface area contributed by atoms with Gasteiger partial charge in [-0.1, -0.05) is 43.9 Å². The van der Waals surface area contributed by atoms with Gasteiger partial charge in [0.05, 0.1) is 35.8 Å². The summed E-state index contributed by atoms with van der Waals surface area (Å²) in [6.07, 6.45) is 3.68. The molecule has 0 fully saturated rings. The van der Waals surface area contributed by atoms with Crippen LogP contribution in [0.4, 0.5) is 13.6 Å². The number of benzene rings is 2. The number of amides is 2.